The summed E-state index contributed by atoms with van der Waals surface area (Å²) in [5, 5.41) is 7.28. The van der Waals surface area contributed by atoms with E-state index in [1.807, 2.05) is 12.1 Å². The number of para-hydroxylation sites is 3. The molecule has 0 aliphatic heterocycles. The molecule has 0 bridgehead atoms. The maximum Gasteiger partial charge on any atom is 0.160 e. The minimum absolute atomic E-state index is 0.676. The Bertz CT molecular complexity index is 3830. The van der Waals surface area contributed by atoms with Crippen LogP contribution in [0.1, 0.15) is 0 Å². The molecule has 0 aliphatic carbocycles. The smallest absolute Gasteiger partial charge is 0.160 e. The standard InChI is InChI=1S/C60H39N5/c1-5-18-40(19-6-1)53-38-54(41-20-7-2-8-21-41)62-60(61-53)42-22-17-27-46(34-42)64-56-33-32-47(63(44-23-9-3-10-24-44)45-25-11-4-12-26-45)37-52(56)51-35-43-36-58-50-30-14-13-28-48(50)49-29-15-16-31-55(49)65(58)57(43)39-59(51)64/h1-39H. The SMILES string of the molecule is c1ccc(-c2cc(-c3ccccc3)nc(-c3cccc(-n4c5ccc(N(c6ccccc6)c6ccccc6)cc5c5cc6cc7c8ccccc8c8ccccc8n7c6cc54)c3)n2)cc1. The van der Waals surface area contributed by atoms with Gasteiger partial charge in [-0.3, -0.25) is 0 Å². The molecule has 0 radical (unpaired) electrons. The van der Waals surface area contributed by atoms with Crippen molar-refractivity contribution in [2.45, 2.75) is 0 Å². The van der Waals surface area contributed by atoms with Gasteiger partial charge in [-0.1, -0.05) is 152 Å². The zero-order chi connectivity index (χ0) is 42.8. The summed E-state index contributed by atoms with van der Waals surface area (Å²) < 4.78 is 4.88. The third-order valence-corrected chi connectivity index (χ3v) is 12.8. The molecule has 0 N–H and O–H groups in total. The van der Waals surface area contributed by atoms with E-state index in [2.05, 4.69) is 238 Å². The van der Waals surface area contributed by atoms with Crippen molar-refractivity contribution in [3.63, 3.8) is 0 Å². The second-order valence-electron chi connectivity index (χ2n) is 16.6. The molecular formula is C60H39N5. The summed E-state index contributed by atoms with van der Waals surface area (Å²) in [7, 11) is 0. The molecule has 0 amide bonds. The molecule has 5 nitrogen and oxygen atoms in total. The summed E-state index contributed by atoms with van der Waals surface area (Å²) in [4.78, 5) is 12.8. The molecule has 9 aromatic carbocycles. The monoisotopic (exact) mass is 829 g/mol. The van der Waals surface area contributed by atoms with E-state index in [1.165, 1.54) is 43.4 Å². The van der Waals surface area contributed by atoms with Crippen LogP contribution in [0.5, 0.6) is 0 Å². The molecular weight excluding hydrogens is 791 g/mol. The molecule has 5 heteroatoms. The molecule has 0 unspecified atom stereocenters. The normalized spacial score (nSPS) is 11.7. The summed E-state index contributed by atoms with van der Waals surface area (Å²) in [6.07, 6.45) is 0. The molecule has 0 saturated carbocycles. The Balaban J connectivity index is 1.09. The number of hydrogen-bond donors (Lipinski definition) is 0. The van der Waals surface area contributed by atoms with Crippen LogP contribution in [-0.2, 0) is 0 Å². The summed E-state index contributed by atoms with van der Waals surface area (Å²) in [6, 6.07) is 84.5. The van der Waals surface area contributed by atoms with Crippen molar-refractivity contribution in [1.82, 2.24) is 18.9 Å². The van der Waals surface area contributed by atoms with Gasteiger partial charge in [0.25, 0.3) is 0 Å². The fourth-order valence-electron chi connectivity index (χ4n) is 9.90. The maximum atomic E-state index is 5.23. The molecule has 4 aromatic heterocycles. The van der Waals surface area contributed by atoms with Crippen LogP contribution in [0.3, 0.4) is 0 Å². The van der Waals surface area contributed by atoms with Crippen molar-refractivity contribution >= 4 is 77.0 Å². The van der Waals surface area contributed by atoms with Crippen molar-refractivity contribution in [2.24, 2.45) is 0 Å². The first-order chi connectivity index (χ1) is 32.2. The third-order valence-electron chi connectivity index (χ3n) is 12.8. The minimum Gasteiger partial charge on any atom is -0.310 e. The second kappa shape index (κ2) is 14.9. The third kappa shape index (κ3) is 6.09. The molecule has 65 heavy (non-hydrogen) atoms. The Hall–Kier alpha value is -8.80. The van der Waals surface area contributed by atoms with Crippen molar-refractivity contribution in [1.29, 1.82) is 0 Å². The van der Waals surface area contributed by atoms with Crippen LogP contribution >= 0.6 is 0 Å². The van der Waals surface area contributed by atoms with Gasteiger partial charge in [0.15, 0.2) is 5.82 Å². The highest BCUT2D eigenvalue weighted by atomic mass is 15.1. The number of pyridine rings is 1. The molecule has 13 rings (SSSR count). The number of rotatable bonds is 7. The summed E-state index contributed by atoms with van der Waals surface area (Å²) in [5.74, 6) is 0.676. The Morgan fingerprint density at radius 1 is 0.308 bits per heavy atom. The number of hydrogen-bond acceptors (Lipinski definition) is 3. The topological polar surface area (TPSA) is 38.4 Å². The average molecular weight is 830 g/mol. The molecule has 0 aliphatic rings. The van der Waals surface area contributed by atoms with E-state index in [-0.39, 0.29) is 0 Å². The van der Waals surface area contributed by atoms with Crippen molar-refractivity contribution < 1.29 is 0 Å². The van der Waals surface area contributed by atoms with Crippen LogP contribution in [0.4, 0.5) is 17.1 Å². The van der Waals surface area contributed by atoms with E-state index < -0.39 is 0 Å². The van der Waals surface area contributed by atoms with Gasteiger partial charge >= 0.3 is 0 Å². The van der Waals surface area contributed by atoms with E-state index in [1.54, 1.807) is 0 Å². The average Bonchev–Trinajstić information content (AvgIpc) is 3.92. The number of benzene rings is 9. The molecule has 4 heterocycles. The Morgan fingerprint density at radius 3 is 1.52 bits per heavy atom. The number of nitrogens with zero attached hydrogens (tertiary/aromatic N) is 5. The van der Waals surface area contributed by atoms with E-state index in [9.17, 15) is 0 Å². The summed E-state index contributed by atoms with van der Waals surface area (Å²) in [6.45, 7) is 0. The zero-order valence-electron chi connectivity index (χ0n) is 35.3. The zero-order valence-corrected chi connectivity index (χ0v) is 35.3. The van der Waals surface area contributed by atoms with E-state index in [4.69, 9.17) is 9.97 Å². The highest BCUT2D eigenvalue weighted by Crippen LogP contribution is 2.43. The van der Waals surface area contributed by atoms with Gasteiger partial charge in [0.2, 0.25) is 0 Å². The Kier molecular flexibility index (Phi) is 8.46. The van der Waals surface area contributed by atoms with Crippen LogP contribution in [0.2, 0.25) is 0 Å². The lowest BCUT2D eigenvalue weighted by Gasteiger charge is -2.25. The van der Waals surface area contributed by atoms with Gasteiger partial charge in [-0.15, -0.1) is 0 Å². The number of aromatic nitrogens is 4. The van der Waals surface area contributed by atoms with Gasteiger partial charge < -0.3 is 13.9 Å². The molecule has 0 atom stereocenters. The second-order valence-corrected chi connectivity index (χ2v) is 16.6. The maximum absolute atomic E-state index is 5.23. The lowest BCUT2D eigenvalue weighted by atomic mass is 10.1. The molecule has 0 fully saturated rings. The molecule has 13 aromatic rings. The Morgan fingerprint density at radius 2 is 0.862 bits per heavy atom. The lowest BCUT2D eigenvalue weighted by molar-refractivity contribution is 1.16. The highest BCUT2D eigenvalue weighted by Gasteiger charge is 2.21. The van der Waals surface area contributed by atoms with E-state index in [0.717, 1.165) is 67.4 Å². The van der Waals surface area contributed by atoms with Crippen LogP contribution in [0.15, 0.2) is 237 Å². The molecule has 304 valence electrons. The van der Waals surface area contributed by atoms with Gasteiger partial charge in [0, 0.05) is 66.4 Å². The lowest BCUT2D eigenvalue weighted by Crippen LogP contribution is -2.09. The fraction of sp³-hybridized carbons (Fsp3) is 0. The number of anilines is 3. The van der Waals surface area contributed by atoms with Crippen LogP contribution in [0.25, 0.3) is 99.5 Å². The van der Waals surface area contributed by atoms with Gasteiger partial charge in [-0.2, -0.15) is 0 Å². The van der Waals surface area contributed by atoms with E-state index >= 15 is 0 Å². The van der Waals surface area contributed by atoms with Crippen molar-refractivity contribution in [3.8, 4) is 39.6 Å². The fourth-order valence-corrected chi connectivity index (χ4v) is 9.90. The van der Waals surface area contributed by atoms with Crippen LogP contribution < -0.4 is 4.90 Å². The van der Waals surface area contributed by atoms with Gasteiger partial charge in [-0.05, 0) is 90.3 Å². The van der Waals surface area contributed by atoms with Crippen LogP contribution in [-0.4, -0.2) is 18.9 Å². The minimum atomic E-state index is 0.676. The first-order valence-electron chi connectivity index (χ1n) is 22.1. The van der Waals surface area contributed by atoms with Crippen LogP contribution in [0, 0.1) is 0 Å². The van der Waals surface area contributed by atoms with Gasteiger partial charge in [0.1, 0.15) is 0 Å². The van der Waals surface area contributed by atoms with Crippen molar-refractivity contribution in [3.05, 3.63) is 237 Å². The largest absolute Gasteiger partial charge is 0.310 e. The van der Waals surface area contributed by atoms with Gasteiger partial charge in [-0.25, -0.2) is 9.97 Å². The first-order valence-corrected chi connectivity index (χ1v) is 22.1. The summed E-state index contributed by atoms with van der Waals surface area (Å²) in [5.41, 5.74) is 14.9. The predicted octanol–water partition coefficient (Wildman–Crippen LogP) is 15.8. The van der Waals surface area contributed by atoms with Gasteiger partial charge in [0.05, 0.1) is 39.0 Å². The van der Waals surface area contributed by atoms with Crippen molar-refractivity contribution in [2.75, 3.05) is 4.90 Å². The number of fused-ring (bicyclic) bond motifs is 11. The predicted molar refractivity (Wildman–Crippen MR) is 271 cm³/mol. The summed E-state index contributed by atoms with van der Waals surface area (Å²) >= 11 is 0. The van der Waals surface area contributed by atoms with E-state index in [0.29, 0.717) is 5.82 Å². The Labute approximate surface area is 375 Å². The molecule has 0 saturated heterocycles. The molecule has 0 spiro atoms. The highest BCUT2D eigenvalue weighted by molar-refractivity contribution is 6.19. The quantitative estimate of drug-likeness (QED) is 0.150. The first kappa shape index (κ1) is 36.8.